The number of aromatic nitrogens is 2. The second-order valence-corrected chi connectivity index (χ2v) is 6.72. The van der Waals surface area contributed by atoms with Crippen LogP contribution in [0.5, 0.6) is 0 Å². The monoisotopic (exact) mass is 319 g/mol. The molecule has 0 aliphatic carbocycles. The van der Waals surface area contributed by atoms with Gasteiger partial charge in [-0.1, -0.05) is 20.8 Å². The number of nitrogens with zero attached hydrogens (tertiary/aromatic N) is 4. The molecule has 0 spiro atoms. The van der Waals surface area contributed by atoms with E-state index in [1.165, 1.54) is 0 Å². The zero-order chi connectivity index (χ0) is 16.6. The highest BCUT2D eigenvalue weighted by Crippen LogP contribution is 2.19. The Labute approximate surface area is 136 Å². The fourth-order valence-electron chi connectivity index (χ4n) is 3.42. The third kappa shape index (κ3) is 2.92. The first-order valence-electron chi connectivity index (χ1n) is 8.39. The second-order valence-electron chi connectivity index (χ2n) is 6.72. The van der Waals surface area contributed by atoms with Gasteiger partial charge in [0.15, 0.2) is 0 Å². The molecule has 0 bridgehead atoms. The topological polar surface area (TPSA) is 70.5 Å². The number of nitrogens with one attached hydrogen (secondary N) is 1. The molecule has 3 amide bonds. The summed E-state index contributed by atoms with van der Waals surface area (Å²) in [6, 6.07) is 0.0806. The first-order valence-corrected chi connectivity index (χ1v) is 8.39. The number of hydrogen-bond donors (Lipinski definition) is 1. The van der Waals surface area contributed by atoms with Gasteiger partial charge in [0.05, 0.1) is 23.5 Å². The molecule has 2 aliphatic rings. The third-order valence-electron chi connectivity index (χ3n) is 4.57. The van der Waals surface area contributed by atoms with Crippen molar-refractivity contribution in [2.75, 3.05) is 26.2 Å². The quantitative estimate of drug-likeness (QED) is 0.898. The molecule has 7 nitrogen and oxygen atoms in total. The fourth-order valence-corrected chi connectivity index (χ4v) is 3.42. The highest BCUT2D eigenvalue weighted by atomic mass is 16.2. The average Bonchev–Trinajstić information content (AvgIpc) is 3.09. The van der Waals surface area contributed by atoms with Gasteiger partial charge in [-0.15, -0.1) is 0 Å². The van der Waals surface area contributed by atoms with Crippen LogP contribution in [0.4, 0.5) is 4.79 Å². The normalized spacial score (nSPS) is 20.9. The predicted molar refractivity (Wildman–Crippen MR) is 86.2 cm³/mol. The molecule has 1 N–H and O–H groups in total. The molecule has 0 saturated carbocycles. The Bertz CT molecular complexity index is 610. The van der Waals surface area contributed by atoms with Crippen LogP contribution in [0.2, 0.25) is 0 Å². The molecule has 3 heterocycles. The highest BCUT2D eigenvalue weighted by Gasteiger charge is 2.37. The SMILES string of the molecule is CCc1c(C(=O)N2CCN3C(=O)NC[C@H]3C2)cnn1CC(C)C. The predicted octanol–water partition coefficient (Wildman–Crippen LogP) is 0.951. The summed E-state index contributed by atoms with van der Waals surface area (Å²) in [6.45, 7) is 9.57. The Kier molecular flexibility index (Phi) is 4.28. The lowest BCUT2D eigenvalue weighted by molar-refractivity contribution is 0.0615. The Balaban J connectivity index is 1.76. The first-order chi connectivity index (χ1) is 11.0. The number of carbonyl (C=O) groups excluding carboxylic acids is 2. The standard InChI is InChI=1S/C16H25N5O2/c1-4-14-13(8-18-21(14)9-11(2)3)15(22)19-5-6-20-12(10-19)7-17-16(20)23/h8,11-12H,4-7,9-10H2,1-3H3,(H,17,23)/t12-/m0/s1. The lowest BCUT2D eigenvalue weighted by Gasteiger charge is -2.36. The summed E-state index contributed by atoms with van der Waals surface area (Å²) in [5, 5.41) is 7.26. The van der Waals surface area contributed by atoms with Crippen molar-refractivity contribution in [3.8, 4) is 0 Å². The maximum atomic E-state index is 12.9. The summed E-state index contributed by atoms with van der Waals surface area (Å²) < 4.78 is 1.95. The summed E-state index contributed by atoms with van der Waals surface area (Å²) in [7, 11) is 0. The Hall–Kier alpha value is -2.05. The fraction of sp³-hybridized carbons (Fsp3) is 0.688. The molecule has 2 saturated heterocycles. The lowest BCUT2D eigenvalue weighted by Crippen LogP contribution is -2.53. The Morgan fingerprint density at radius 1 is 1.43 bits per heavy atom. The molecule has 0 aromatic carbocycles. The van der Waals surface area contributed by atoms with Crippen molar-refractivity contribution in [1.29, 1.82) is 0 Å². The number of piperazine rings is 1. The minimum atomic E-state index is -0.0129. The van der Waals surface area contributed by atoms with E-state index in [9.17, 15) is 9.59 Å². The van der Waals surface area contributed by atoms with Gasteiger partial charge < -0.3 is 15.1 Å². The molecule has 2 fully saturated rings. The van der Waals surface area contributed by atoms with Crippen molar-refractivity contribution in [3.63, 3.8) is 0 Å². The van der Waals surface area contributed by atoms with Crippen LogP contribution >= 0.6 is 0 Å². The van der Waals surface area contributed by atoms with Gasteiger partial charge in [-0.25, -0.2) is 4.79 Å². The lowest BCUT2D eigenvalue weighted by atomic mass is 10.1. The molecule has 2 aliphatic heterocycles. The molecule has 126 valence electrons. The number of amides is 3. The van der Waals surface area contributed by atoms with E-state index in [4.69, 9.17) is 0 Å². The van der Waals surface area contributed by atoms with E-state index in [1.54, 1.807) is 6.20 Å². The number of urea groups is 1. The van der Waals surface area contributed by atoms with Gasteiger partial charge in [0.25, 0.3) is 5.91 Å². The van der Waals surface area contributed by atoms with Gasteiger partial charge in [0.2, 0.25) is 0 Å². The van der Waals surface area contributed by atoms with Crippen molar-refractivity contribution in [2.24, 2.45) is 5.92 Å². The van der Waals surface area contributed by atoms with E-state index in [0.717, 1.165) is 18.7 Å². The number of carbonyl (C=O) groups is 2. The molecule has 1 aromatic rings. The van der Waals surface area contributed by atoms with E-state index in [2.05, 4.69) is 31.2 Å². The van der Waals surface area contributed by atoms with E-state index in [-0.39, 0.29) is 18.0 Å². The smallest absolute Gasteiger partial charge is 0.317 e. The van der Waals surface area contributed by atoms with E-state index < -0.39 is 0 Å². The maximum Gasteiger partial charge on any atom is 0.317 e. The molecule has 1 aromatic heterocycles. The Morgan fingerprint density at radius 3 is 2.91 bits per heavy atom. The molecule has 7 heteroatoms. The van der Waals surface area contributed by atoms with Gasteiger partial charge in [-0.2, -0.15) is 5.10 Å². The van der Waals surface area contributed by atoms with Crippen molar-refractivity contribution < 1.29 is 9.59 Å². The van der Waals surface area contributed by atoms with Crippen LogP contribution in [-0.4, -0.2) is 63.7 Å². The third-order valence-corrected chi connectivity index (χ3v) is 4.57. The molecular weight excluding hydrogens is 294 g/mol. The largest absolute Gasteiger partial charge is 0.336 e. The van der Waals surface area contributed by atoms with Crippen molar-refractivity contribution in [3.05, 3.63) is 17.5 Å². The zero-order valence-corrected chi connectivity index (χ0v) is 14.1. The zero-order valence-electron chi connectivity index (χ0n) is 14.1. The molecule has 3 rings (SSSR count). The van der Waals surface area contributed by atoms with Gasteiger partial charge in [0, 0.05) is 32.7 Å². The van der Waals surface area contributed by atoms with Crippen LogP contribution in [0.25, 0.3) is 0 Å². The van der Waals surface area contributed by atoms with Crippen LogP contribution in [0.15, 0.2) is 6.20 Å². The summed E-state index contributed by atoms with van der Waals surface area (Å²) in [5.74, 6) is 0.526. The van der Waals surface area contributed by atoms with Crippen LogP contribution in [-0.2, 0) is 13.0 Å². The summed E-state index contributed by atoms with van der Waals surface area (Å²) >= 11 is 0. The van der Waals surface area contributed by atoms with Crippen molar-refractivity contribution in [2.45, 2.75) is 39.8 Å². The van der Waals surface area contributed by atoms with Gasteiger partial charge in [-0.3, -0.25) is 9.48 Å². The van der Waals surface area contributed by atoms with Crippen LogP contribution < -0.4 is 5.32 Å². The maximum absolute atomic E-state index is 12.9. The number of rotatable bonds is 4. The average molecular weight is 319 g/mol. The van der Waals surface area contributed by atoms with E-state index >= 15 is 0 Å². The molecule has 23 heavy (non-hydrogen) atoms. The summed E-state index contributed by atoms with van der Waals surface area (Å²) in [5.41, 5.74) is 1.71. The number of fused-ring (bicyclic) bond motifs is 1. The highest BCUT2D eigenvalue weighted by molar-refractivity contribution is 5.95. The van der Waals surface area contributed by atoms with E-state index in [0.29, 0.717) is 37.7 Å². The van der Waals surface area contributed by atoms with Crippen molar-refractivity contribution in [1.82, 2.24) is 24.9 Å². The van der Waals surface area contributed by atoms with Gasteiger partial charge >= 0.3 is 6.03 Å². The van der Waals surface area contributed by atoms with Crippen LogP contribution in [0.3, 0.4) is 0 Å². The van der Waals surface area contributed by atoms with Gasteiger partial charge in [-0.05, 0) is 12.3 Å². The van der Waals surface area contributed by atoms with E-state index in [1.807, 2.05) is 14.5 Å². The van der Waals surface area contributed by atoms with Crippen LogP contribution in [0, 0.1) is 5.92 Å². The summed E-state index contributed by atoms with van der Waals surface area (Å²) in [6.07, 6.45) is 2.49. The molecular formula is C16H25N5O2. The minimum absolute atomic E-state index is 0.0129. The molecule has 1 atom stereocenters. The minimum Gasteiger partial charge on any atom is -0.336 e. The second kappa shape index (κ2) is 6.22. The Morgan fingerprint density at radius 2 is 2.22 bits per heavy atom. The molecule has 0 unspecified atom stereocenters. The van der Waals surface area contributed by atoms with Gasteiger partial charge in [0.1, 0.15) is 0 Å². The first kappa shape index (κ1) is 15.8. The van der Waals surface area contributed by atoms with Crippen molar-refractivity contribution >= 4 is 11.9 Å². The molecule has 0 radical (unpaired) electrons. The summed E-state index contributed by atoms with van der Waals surface area (Å²) in [4.78, 5) is 28.2. The van der Waals surface area contributed by atoms with Crippen LogP contribution in [0.1, 0.15) is 36.8 Å². The number of hydrogen-bond acceptors (Lipinski definition) is 3.